The third-order valence-electron chi connectivity index (χ3n) is 5.71. The molecule has 2 aromatic carbocycles. The van der Waals surface area contributed by atoms with Gasteiger partial charge in [0.25, 0.3) is 5.91 Å². The Hall–Kier alpha value is -2.71. The van der Waals surface area contributed by atoms with E-state index in [1.807, 2.05) is 39.0 Å². The van der Waals surface area contributed by atoms with E-state index in [9.17, 15) is 18.0 Å². The first-order chi connectivity index (χ1) is 15.3. The molecule has 0 radical (unpaired) electrons. The highest BCUT2D eigenvalue weighted by Crippen LogP contribution is 2.27. The van der Waals surface area contributed by atoms with Crippen LogP contribution in [0.3, 0.4) is 0 Å². The molecule has 1 aliphatic heterocycles. The maximum absolute atomic E-state index is 13.0. The molecule has 1 saturated heterocycles. The molecule has 1 fully saturated rings. The van der Waals surface area contributed by atoms with Crippen molar-refractivity contribution in [1.29, 1.82) is 0 Å². The number of para-hydroxylation sites is 1. The van der Waals surface area contributed by atoms with Gasteiger partial charge in [0.05, 0.1) is 4.90 Å². The van der Waals surface area contributed by atoms with Gasteiger partial charge in [0.1, 0.15) is 6.04 Å². The third-order valence-corrected chi connectivity index (χ3v) is 7.63. The van der Waals surface area contributed by atoms with Crippen LogP contribution >= 0.6 is 0 Å². The van der Waals surface area contributed by atoms with Crippen LogP contribution in [0.1, 0.15) is 43.4 Å². The number of esters is 1. The van der Waals surface area contributed by atoms with E-state index in [1.54, 1.807) is 12.1 Å². The number of carbonyl (C=O) groups excluding carboxylic acids is 2. The number of nitrogens with one attached hydrogen (secondary N) is 1. The normalized spacial score (nSPS) is 16.7. The third kappa shape index (κ3) is 5.19. The minimum absolute atomic E-state index is 0.142. The fourth-order valence-corrected chi connectivity index (χ4v) is 5.57. The number of hydrogen-bond donors (Lipinski definition) is 1. The van der Waals surface area contributed by atoms with Gasteiger partial charge < -0.3 is 10.1 Å². The van der Waals surface area contributed by atoms with Gasteiger partial charge in [-0.2, -0.15) is 4.31 Å². The number of sulfonamides is 1. The number of ether oxygens (including phenoxy) is 1. The molecule has 0 spiro atoms. The highest BCUT2D eigenvalue weighted by molar-refractivity contribution is 7.89. The minimum Gasteiger partial charge on any atom is -0.454 e. The van der Waals surface area contributed by atoms with Gasteiger partial charge >= 0.3 is 5.97 Å². The van der Waals surface area contributed by atoms with Gasteiger partial charge in [-0.15, -0.1) is 0 Å². The number of aryl methyl sites for hydroxylation is 3. The van der Waals surface area contributed by atoms with Crippen LogP contribution in [-0.2, 0) is 37.2 Å². The number of amides is 1. The maximum Gasteiger partial charge on any atom is 0.324 e. The van der Waals surface area contributed by atoms with Crippen molar-refractivity contribution in [2.24, 2.45) is 0 Å². The fraction of sp³-hybridized carbons (Fsp3) is 0.417. The molecule has 1 N–H and O–H groups in total. The number of hydrogen-bond acceptors (Lipinski definition) is 5. The predicted octanol–water partition coefficient (Wildman–Crippen LogP) is 3.45. The van der Waals surface area contributed by atoms with Gasteiger partial charge in [-0.3, -0.25) is 9.59 Å². The molecule has 172 valence electrons. The Morgan fingerprint density at radius 1 is 1.06 bits per heavy atom. The molecule has 1 heterocycles. The Morgan fingerprint density at radius 2 is 1.69 bits per heavy atom. The number of nitrogens with zero attached hydrogens (tertiary/aromatic N) is 1. The van der Waals surface area contributed by atoms with Gasteiger partial charge in [-0.1, -0.05) is 49.7 Å². The molecule has 3 rings (SSSR count). The SMILES string of the molecule is CCc1cccc(CC)c1NC(=O)COC(=O)C1CCCN1S(=O)(=O)c1ccc(C)cc1. The van der Waals surface area contributed by atoms with E-state index >= 15 is 0 Å². The smallest absolute Gasteiger partial charge is 0.324 e. The Labute approximate surface area is 189 Å². The molecule has 0 bridgehead atoms. The molecule has 1 unspecified atom stereocenters. The Morgan fingerprint density at radius 3 is 2.28 bits per heavy atom. The molecule has 1 amide bonds. The molecule has 1 atom stereocenters. The Bertz CT molecular complexity index is 1060. The number of rotatable bonds is 8. The Kier molecular flexibility index (Phi) is 7.69. The van der Waals surface area contributed by atoms with Crippen LogP contribution in [-0.4, -0.2) is 43.8 Å². The zero-order valence-electron chi connectivity index (χ0n) is 18.8. The first-order valence-corrected chi connectivity index (χ1v) is 12.4. The molecule has 2 aromatic rings. The van der Waals surface area contributed by atoms with Crippen LogP contribution in [0.4, 0.5) is 5.69 Å². The largest absolute Gasteiger partial charge is 0.454 e. The topological polar surface area (TPSA) is 92.8 Å². The summed E-state index contributed by atoms with van der Waals surface area (Å²) in [5.74, 6) is -1.15. The molecule has 7 nitrogen and oxygen atoms in total. The number of anilines is 1. The number of benzene rings is 2. The van der Waals surface area contributed by atoms with Gasteiger partial charge in [-0.25, -0.2) is 8.42 Å². The van der Waals surface area contributed by atoms with Crippen LogP contribution < -0.4 is 5.32 Å². The average molecular weight is 459 g/mol. The van der Waals surface area contributed by atoms with E-state index in [0.717, 1.165) is 35.2 Å². The molecule has 8 heteroatoms. The zero-order valence-corrected chi connectivity index (χ0v) is 19.6. The van der Waals surface area contributed by atoms with Gasteiger partial charge in [0.15, 0.2) is 6.61 Å². The van der Waals surface area contributed by atoms with Crippen LogP contribution in [0, 0.1) is 6.92 Å². The molecule has 0 aliphatic carbocycles. The lowest BCUT2D eigenvalue weighted by Crippen LogP contribution is -2.42. The molecule has 0 saturated carbocycles. The second-order valence-corrected chi connectivity index (χ2v) is 9.79. The van der Waals surface area contributed by atoms with Crippen molar-refractivity contribution in [2.45, 2.75) is 57.4 Å². The summed E-state index contributed by atoms with van der Waals surface area (Å²) >= 11 is 0. The van der Waals surface area contributed by atoms with Crippen molar-refractivity contribution in [1.82, 2.24) is 4.31 Å². The zero-order chi connectivity index (χ0) is 23.3. The summed E-state index contributed by atoms with van der Waals surface area (Å²) in [7, 11) is -3.82. The highest BCUT2D eigenvalue weighted by Gasteiger charge is 2.40. The van der Waals surface area contributed by atoms with Gasteiger partial charge in [0, 0.05) is 12.2 Å². The molecule has 0 aromatic heterocycles. The molecular formula is C24H30N2O5S. The summed E-state index contributed by atoms with van der Waals surface area (Å²) in [5, 5.41) is 2.85. The van der Waals surface area contributed by atoms with Crippen molar-refractivity contribution in [3.63, 3.8) is 0 Å². The van der Waals surface area contributed by atoms with Crippen molar-refractivity contribution in [2.75, 3.05) is 18.5 Å². The predicted molar refractivity (Wildman–Crippen MR) is 123 cm³/mol. The number of carbonyl (C=O) groups is 2. The summed E-state index contributed by atoms with van der Waals surface area (Å²) in [6, 6.07) is 11.4. The lowest BCUT2D eigenvalue weighted by Gasteiger charge is -2.23. The van der Waals surface area contributed by atoms with Crippen molar-refractivity contribution < 1.29 is 22.7 Å². The quantitative estimate of drug-likeness (QED) is 0.612. The minimum atomic E-state index is -3.82. The van der Waals surface area contributed by atoms with Crippen molar-refractivity contribution in [3.05, 3.63) is 59.2 Å². The summed E-state index contributed by atoms with van der Waals surface area (Å²) in [4.78, 5) is 25.3. The second kappa shape index (κ2) is 10.3. The molecular weight excluding hydrogens is 428 g/mol. The van der Waals surface area contributed by atoms with Crippen molar-refractivity contribution in [3.8, 4) is 0 Å². The monoisotopic (exact) mass is 458 g/mol. The van der Waals surface area contributed by atoms with Crippen LogP contribution in [0.25, 0.3) is 0 Å². The first-order valence-electron chi connectivity index (χ1n) is 10.9. The summed E-state index contributed by atoms with van der Waals surface area (Å²) in [6.45, 7) is 5.67. The summed E-state index contributed by atoms with van der Waals surface area (Å²) in [5.41, 5.74) is 3.72. The van der Waals surface area contributed by atoms with Gasteiger partial charge in [-0.05, 0) is 55.9 Å². The van der Waals surface area contributed by atoms with Gasteiger partial charge in [0.2, 0.25) is 10.0 Å². The van der Waals surface area contributed by atoms with Crippen LogP contribution in [0.15, 0.2) is 47.4 Å². The van der Waals surface area contributed by atoms with E-state index in [-0.39, 0.29) is 11.4 Å². The van der Waals surface area contributed by atoms with E-state index < -0.39 is 34.5 Å². The lowest BCUT2D eigenvalue weighted by atomic mass is 10.0. The average Bonchev–Trinajstić information content (AvgIpc) is 3.29. The highest BCUT2D eigenvalue weighted by atomic mass is 32.2. The van der Waals surface area contributed by atoms with Crippen LogP contribution in [0.2, 0.25) is 0 Å². The molecule has 1 aliphatic rings. The van der Waals surface area contributed by atoms with E-state index in [2.05, 4.69) is 5.32 Å². The Balaban J connectivity index is 1.66. The van der Waals surface area contributed by atoms with Crippen molar-refractivity contribution >= 4 is 27.6 Å². The fourth-order valence-electron chi connectivity index (χ4n) is 3.92. The van der Waals surface area contributed by atoms with E-state index in [4.69, 9.17) is 4.74 Å². The first kappa shape index (κ1) is 23.9. The van der Waals surface area contributed by atoms with Crippen LogP contribution in [0.5, 0.6) is 0 Å². The lowest BCUT2D eigenvalue weighted by molar-refractivity contribution is -0.150. The summed E-state index contributed by atoms with van der Waals surface area (Å²) < 4.78 is 32.5. The second-order valence-electron chi connectivity index (χ2n) is 7.90. The maximum atomic E-state index is 13.0. The van der Waals surface area contributed by atoms with E-state index in [0.29, 0.717) is 12.8 Å². The molecule has 32 heavy (non-hydrogen) atoms. The van der Waals surface area contributed by atoms with E-state index in [1.165, 1.54) is 16.4 Å². The summed E-state index contributed by atoms with van der Waals surface area (Å²) in [6.07, 6.45) is 2.44. The standard InChI is InChI=1S/C24H30N2O5S/c1-4-18-8-6-9-19(5-2)23(18)25-22(27)16-31-24(28)21-10-7-15-26(21)32(29,30)20-13-11-17(3)12-14-20/h6,8-9,11-14,21H,4-5,7,10,15-16H2,1-3H3,(H,25,27).